The lowest BCUT2D eigenvalue weighted by atomic mass is 9.91. The number of benzene rings is 1. The average Bonchev–Trinajstić information content (AvgIpc) is 2.27. The number of carbonyl (C=O) groups excluding carboxylic acids is 2. The third-order valence-electron chi connectivity index (χ3n) is 2.47. The Bertz CT molecular complexity index is 524. The summed E-state index contributed by atoms with van der Waals surface area (Å²) in [6, 6.07) is 4.99. The highest BCUT2D eigenvalue weighted by Gasteiger charge is 2.24. The third-order valence-corrected chi connectivity index (χ3v) is 2.47. The van der Waals surface area contributed by atoms with Gasteiger partial charge < -0.3 is 5.11 Å². The largest absolute Gasteiger partial charge is 0.504 e. The summed E-state index contributed by atoms with van der Waals surface area (Å²) in [6.07, 6.45) is 3.33. The van der Waals surface area contributed by atoms with Crippen molar-refractivity contribution in [1.29, 1.82) is 0 Å². The van der Waals surface area contributed by atoms with Crippen molar-refractivity contribution in [3.05, 3.63) is 59.4 Å². The predicted octanol–water partition coefficient (Wildman–Crippen LogP) is 2.24. The number of hydrogen-bond donors (Lipinski definition) is 1. The summed E-state index contributed by atoms with van der Waals surface area (Å²) in [5.41, 5.74) is 1.53. The summed E-state index contributed by atoms with van der Waals surface area (Å²) < 4.78 is 0. The molecule has 3 nitrogen and oxygen atoms in total. The minimum absolute atomic E-state index is 0.262. The Morgan fingerprint density at radius 2 is 2.00 bits per heavy atom. The monoisotopic (exact) mass is 214 g/mol. The summed E-state index contributed by atoms with van der Waals surface area (Å²) in [5, 5.41) is 9.24. The van der Waals surface area contributed by atoms with Crippen LogP contribution in [0.1, 0.15) is 26.3 Å². The molecular formula is C13H10O3. The third kappa shape index (κ3) is 1.56. The lowest BCUT2D eigenvalue weighted by molar-refractivity contribution is 0.0939. The van der Waals surface area contributed by atoms with Crippen LogP contribution in [-0.4, -0.2) is 16.7 Å². The molecule has 0 bridgehead atoms. The van der Waals surface area contributed by atoms with E-state index in [9.17, 15) is 14.7 Å². The molecular weight excluding hydrogens is 204 g/mol. The maximum Gasteiger partial charge on any atom is 0.228 e. The predicted molar refractivity (Wildman–Crippen MR) is 59.7 cm³/mol. The second-order valence-electron chi connectivity index (χ2n) is 3.60. The Labute approximate surface area is 92.7 Å². The van der Waals surface area contributed by atoms with Gasteiger partial charge in [-0.15, -0.1) is 6.58 Å². The highest BCUT2D eigenvalue weighted by Crippen LogP contribution is 2.21. The van der Waals surface area contributed by atoms with Crippen LogP contribution >= 0.6 is 0 Å². The van der Waals surface area contributed by atoms with Crippen LogP contribution in [0.5, 0.6) is 0 Å². The Kier molecular flexibility index (Phi) is 2.44. The van der Waals surface area contributed by atoms with Crippen LogP contribution in [0.4, 0.5) is 0 Å². The van der Waals surface area contributed by atoms with Gasteiger partial charge >= 0.3 is 0 Å². The second-order valence-corrected chi connectivity index (χ2v) is 3.60. The molecule has 1 aliphatic carbocycles. The molecule has 0 saturated carbocycles. The van der Waals surface area contributed by atoms with Gasteiger partial charge in [-0.2, -0.15) is 0 Å². The van der Waals surface area contributed by atoms with Crippen molar-refractivity contribution in [3.63, 3.8) is 0 Å². The van der Waals surface area contributed by atoms with Gasteiger partial charge in [0.25, 0.3) is 0 Å². The molecule has 0 aromatic heterocycles. The molecule has 0 aliphatic heterocycles. The summed E-state index contributed by atoms with van der Waals surface area (Å²) in [5.74, 6) is -1.33. The van der Waals surface area contributed by atoms with Gasteiger partial charge in [-0.05, 0) is 24.1 Å². The van der Waals surface area contributed by atoms with E-state index < -0.39 is 11.5 Å². The van der Waals surface area contributed by atoms with E-state index >= 15 is 0 Å². The van der Waals surface area contributed by atoms with Crippen LogP contribution in [-0.2, 0) is 6.42 Å². The van der Waals surface area contributed by atoms with E-state index in [4.69, 9.17) is 0 Å². The molecule has 0 amide bonds. The molecule has 0 saturated heterocycles. The van der Waals surface area contributed by atoms with Crippen molar-refractivity contribution in [1.82, 2.24) is 0 Å². The first-order valence-corrected chi connectivity index (χ1v) is 4.87. The van der Waals surface area contributed by atoms with Crippen LogP contribution in [0.3, 0.4) is 0 Å². The zero-order chi connectivity index (χ0) is 11.7. The maximum absolute atomic E-state index is 11.6. The Balaban J connectivity index is 2.55. The molecule has 0 radical (unpaired) electrons. The number of Topliss-reactive ketones (excluding diaryl/α,β-unsaturated/α-hetero) is 1. The molecule has 2 rings (SSSR count). The average molecular weight is 214 g/mol. The van der Waals surface area contributed by atoms with Gasteiger partial charge in [0.2, 0.25) is 5.78 Å². The molecule has 0 spiro atoms. The highest BCUT2D eigenvalue weighted by molar-refractivity contribution is 6.23. The van der Waals surface area contributed by atoms with Gasteiger partial charge in [0.05, 0.1) is 0 Å². The zero-order valence-corrected chi connectivity index (χ0v) is 8.56. The number of carbonyl (C=O) groups is 2. The number of fused-ring (bicyclic) bond motifs is 1. The Morgan fingerprint density at radius 3 is 2.69 bits per heavy atom. The minimum atomic E-state index is -0.500. The SMILES string of the molecule is C=CCc1ccc2c(c1)C(=O)C=C(O)C2=O. The number of rotatable bonds is 2. The van der Waals surface area contributed by atoms with Gasteiger partial charge in [0.15, 0.2) is 11.5 Å². The van der Waals surface area contributed by atoms with Gasteiger partial charge in [0.1, 0.15) is 0 Å². The van der Waals surface area contributed by atoms with Crippen LogP contribution in [0.25, 0.3) is 0 Å². The van der Waals surface area contributed by atoms with Gasteiger partial charge in [0, 0.05) is 17.2 Å². The fraction of sp³-hybridized carbons (Fsp3) is 0.0769. The number of allylic oxidation sites excluding steroid dienone is 3. The first-order chi connectivity index (χ1) is 7.63. The number of ketones is 2. The van der Waals surface area contributed by atoms with Crippen molar-refractivity contribution in [2.24, 2.45) is 0 Å². The van der Waals surface area contributed by atoms with Crippen molar-refractivity contribution in [2.75, 3.05) is 0 Å². The summed E-state index contributed by atoms with van der Waals surface area (Å²) in [4.78, 5) is 23.1. The standard InChI is InChI=1S/C13H10O3/c1-2-3-8-4-5-9-10(6-8)11(14)7-12(15)13(9)16/h2,4-7,15H,1,3H2. The molecule has 1 aromatic carbocycles. The molecule has 16 heavy (non-hydrogen) atoms. The quantitative estimate of drug-likeness (QED) is 0.768. The van der Waals surface area contributed by atoms with Crippen molar-refractivity contribution in [2.45, 2.75) is 6.42 Å². The van der Waals surface area contributed by atoms with Gasteiger partial charge in [-0.3, -0.25) is 9.59 Å². The van der Waals surface area contributed by atoms with Crippen LogP contribution < -0.4 is 0 Å². The molecule has 1 aliphatic rings. The lowest BCUT2D eigenvalue weighted by Gasteiger charge is -2.12. The molecule has 80 valence electrons. The van der Waals surface area contributed by atoms with Crippen LogP contribution in [0.15, 0.2) is 42.7 Å². The van der Waals surface area contributed by atoms with E-state index in [0.717, 1.165) is 11.6 Å². The van der Waals surface area contributed by atoms with E-state index in [1.165, 1.54) is 0 Å². The fourth-order valence-corrected chi connectivity index (χ4v) is 1.69. The van der Waals surface area contributed by atoms with Crippen LogP contribution in [0, 0.1) is 0 Å². The summed E-state index contributed by atoms with van der Waals surface area (Å²) in [6.45, 7) is 3.61. The maximum atomic E-state index is 11.6. The smallest absolute Gasteiger partial charge is 0.228 e. The Hall–Kier alpha value is -2.16. The van der Waals surface area contributed by atoms with Crippen LogP contribution in [0.2, 0.25) is 0 Å². The molecule has 1 N–H and O–H groups in total. The van der Waals surface area contributed by atoms with Crippen molar-refractivity contribution in [3.8, 4) is 0 Å². The summed E-state index contributed by atoms with van der Waals surface area (Å²) >= 11 is 0. The molecule has 0 atom stereocenters. The Morgan fingerprint density at radius 1 is 1.25 bits per heavy atom. The molecule has 0 fully saturated rings. The molecule has 0 heterocycles. The summed E-state index contributed by atoms with van der Waals surface area (Å²) in [7, 11) is 0. The van der Waals surface area contributed by atoms with Gasteiger partial charge in [-0.25, -0.2) is 0 Å². The minimum Gasteiger partial charge on any atom is -0.504 e. The van der Waals surface area contributed by atoms with Crippen molar-refractivity contribution < 1.29 is 14.7 Å². The number of aliphatic hydroxyl groups is 1. The number of hydrogen-bond acceptors (Lipinski definition) is 3. The van der Waals surface area contributed by atoms with E-state index in [1.807, 2.05) is 0 Å². The first-order valence-electron chi connectivity index (χ1n) is 4.87. The molecule has 0 unspecified atom stereocenters. The van der Waals surface area contributed by atoms with Gasteiger partial charge in [-0.1, -0.05) is 12.1 Å². The normalized spacial score (nSPS) is 14.4. The lowest BCUT2D eigenvalue weighted by Crippen LogP contribution is -2.16. The second kappa shape index (κ2) is 3.77. The van der Waals surface area contributed by atoms with E-state index in [0.29, 0.717) is 12.0 Å². The van der Waals surface area contributed by atoms with E-state index in [-0.39, 0.29) is 11.3 Å². The molecule has 1 aromatic rings. The van der Waals surface area contributed by atoms with Crippen molar-refractivity contribution >= 4 is 11.6 Å². The number of aliphatic hydroxyl groups excluding tert-OH is 1. The molecule has 3 heteroatoms. The van der Waals surface area contributed by atoms with E-state index in [2.05, 4.69) is 6.58 Å². The first kappa shape index (κ1) is 10.4. The topological polar surface area (TPSA) is 54.4 Å². The zero-order valence-electron chi connectivity index (χ0n) is 8.56. The fourth-order valence-electron chi connectivity index (χ4n) is 1.69. The highest BCUT2D eigenvalue weighted by atomic mass is 16.3. The van der Waals surface area contributed by atoms with E-state index in [1.54, 1.807) is 24.3 Å².